The second-order valence-corrected chi connectivity index (χ2v) is 4.86. The first-order chi connectivity index (χ1) is 9.24. The number of hydrogen-bond acceptors (Lipinski definition) is 2. The van der Waals surface area contributed by atoms with Crippen molar-refractivity contribution in [2.24, 2.45) is 0 Å². The van der Waals surface area contributed by atoms with E-state index < -0.39 is 0 Å². The highest BCUT2D eigenvalue weighted by Gasteiger charge is 2.22. The van der Waals surface area contributed by atoms with Crippen molar-refractivity contribution in [3.8, 4) is 0 Å². The number of aryl methyl sites for hydroxylation is 1. The van der Waals surface area contributed by atoms with Crippen molar-refractivity contribution < 1.29 is 4.79 Å². The second kappa shape index (κ2) is 4.86. The number of carbonyl (C=O) groups is 1. The van der Waals surface area contributed by atoms with Crippen molar-refractivity contribution >= 4 is 11.6 Å². The number of fused-ring (bicyclic) bond motifs is 1. The summed E-state index contributed by atoms with van der Waals surface area (Å²) in [6, 6.07) is 16.4. The van der Waals surface area contributed by atoms with Gasteiger partial charge in [-0.3, -0.25) is 10.1 Å². The predicted octanol–water partition coefficient (Wildman–Crippen LogP) is 2.63. The zero-order chi connectivity index (χ0) is 13.2. The Morgan fingerprint density at radius 2 is 1.79 bits per heavy atom. The van der Waals surface area contributed by atoms with E-state index in [-0.39, 0.29) is 11.9 Å². The Morgan fingerprint density at radius 3 is 2.58 bits per heavy atom. The van der Waals surface area contributed by atoms with E-state index in [1.165, 1.54) is 11.1 Å². The first kappa shape index (κ1) is 11.9. The predicted molar refractivity (Wildman–Crippen MR) is 76.1 cm³/mol. The normalized spacial score (nSPS) is 18.4. The van der Waals surface area contributed by atoms with Gasteiger partial charge in [0.25, 0.3) is 0 Å². The molecule has 1 unspecified atom stereocenters. The highest BCUT2D eigenvalue weighted by Crippen LogP contribution is 2.29. The lowest BCUT2D eigenvalue weighted by molar-refractivity contribution is -0.115. The Kier molecular flexibility index (Phi) is 3.05. The molecule has 0 fully saturated rings. The van der Waals surface area contributed by atoms with Gasteiger partial charge < -0.3 is 5.32 Å². The SMILES string of the molecule is Cc1ccc(C2NCC(=O)Nc3ccccc32)cc1. The minimum Gasteiger partial charge on any atom is -0.325 e. The van der Waals surface area contributed by atoms with Crippen molar-refractivity contribution in [2.45, 2.75) is 13.0 Å². The van der Waals surface area contributed by atoms with Crippen LogP contribution in [0.15, 0.2) is 48.5 Å². The standard InChI is InChI=1S/C16H16N2O/c1-11-6-8-12(9-7-11)16-13-4-2-3-5-14(13)18-15(19)10-17-16/h2-9,16-17H,10H2,1H3,(H,18,19). The van der Waals surface area contributed by atoms with E-state index in [9.17, 15) is 4.79 Å². The zero-order valence-corrected chi connectivity index (χ0v) is 10.8. The fourth-order valence-electron chi connectivity index (χ4n) is 2.42. The molecule has 0 bridgehead atoms. The van der Waals surface area contributed by atoms with Crippen LogP contribution in [0.4, 0.5) is 5.69 Å². The van der Waals surface area contributed by atoms with Gasteiger partial charge in [-0.1, -0.05) is 48.0 Å². The summed E-state index contributed by atoms with van der Waals surface area (Å²) < 4.78 is 0. The van der Waals surface area contributed by atoms with E-state index in [0.29, 0.717) is 6.54 Å². The van der Waals surface area contributed by atoms with Gasteiger partial charge in [0, 0.05) is 5.69 Å². The maximum Gasteiger partial charge on any atom is 0.238 e. The van der Waals surface area contributed by atoms with E-state index in [4.69, 9.17) is 0 Å². The summed E-state index contributed by atoms with van der Waals surface area (Å²) in [7, 11) is 0. The summed E-state index contributed by atoms with van der Waals surface area (Å²) in [5.74, 6) is 0.00191. The number of para-hydroxylation sites is 1. The highest BCUT2D eigenvalue weighted by atomic mass is 16.1. The van der Waals surface area contributed by atoms with Gasteiger partial charge in [0.1, 0.15) is 0 Å². The van der Waals surface area contributed by atoms with Crippen molar-refractivity contribution in [2.75, 3.05) is 11.9 Å². The molecule has 96 valence electrons. The average Bonchev–Trinajstić information content (AvgIpc) is 2.58. The van der Waals surface area contributed by atoms with Crippen LogP contribution >= 0.6 is 0 Å². The highest BCUT2D eigenvalue weighted by molar-refractivity contribution is 5.94. The van der Waals surface area contributed by atoms with Gasteiger partial charge in [-0.25, -0.2) is 0 Å². The van der Waals surface area contributed by atoms with Gasteiger partial charge in [-0.05, 0) is 24.1 Å². The fourth-order valence-corrected chi connectivity index (χ4v) is 2.42. The van der Waals surface area contributed by atoms with Gasteiger partial charge in [0.05, 0.1) is 12.6 Å². The van der Waals surface area contributed by atoms with Crippen LogP contribution in [0.1, 0.15) is 22.7 Å². The molecule has 1 aliphatic heterocycles. The Morgan fingerprint density at radius 1 is 1.05 bits per heavy atom. The van der Waals surface area contributed by atoms with Gasteiger partial charge in [-0.2, -0.15) is 0 Å². The van der Waals surface area contributed by atoms with Gasteiger partial charge >= 0.3 is 0 Å². The van der Waals surface area contributed by atoms with Crippen LogP contribution in [0.25, 0.3) is 0 Å². The van der Waals surface area contributed by atoms with Gasteiger partial charge in [0.15, 0.2) is 0 Å². The van der Waals surface area contributed by atoms with Crippen LogP contribution in [-0.2, 0) is 4.79 Å². The van der Waals surface area contributed by atoms with Gasteiger partial charge in [-0.15, -0.1) is 0 Å². The molecule has 2 aromatic carbocycles. The number of hydrogen-bond donors (Lipinski definition) is 2. The molecular formula is C16H16N2O. The number of amides is 1. The molecule has 2 aromatic rings. The van der Waals surface area contributed by atoms with Crippen molar-refractivity contribution in [3.63, 3.8) is 0 Å². The third-order valence-corrected chi connectivity index (χ3v) is 3.42. The molecule has 1 atom stereocenters. The van der Waals surface area contributed by atoms with Crippen LogP contribution in [0.5, 0.6) is 0 Å². The molecule has 3 rings (SSSR count). The van der Waals surface area contributed by atoms with E-state index in [1.807, 2.05) is 18.2 Å². The molecule has 1 heterocycles. The molecule has 19 heavy (non-hydrogen) atoms. The minimum absolute atomic E-state index is 0.00191. The van der Waals surface area contributed by atoms with Crippen LogP contribution in [0.2, 0.25) is 0 Å². The number of rotatable bonds is 1. The second-order valence-electron chi connectivity index (χ2n) is 4.86. The molecule has 3 nitrogen and oxygen atoms in total. The van der Waals surface area contributed by atoms with Crippen LogP contribution in [-0.4, -0.2) is 12.5 Å². The summed E-state index contributed by atoms with van der Waals surface area (Å²) in [4.78, 5) is 11.7. The molecule has 2 N–H and O–H groups in total. The third kappa shape index (κ3) is 2.37. The Labute approximate surface area is 112 Å². The Bertz CT molecular complexity index is 604. The topological polar surface area (TPSA) is 41.1 Å². The summed E-state index contributed by atoms with van der Waals surface area (Å²) >= 11 is 0. The van der Waals surface area contributed by atoms with E-state index in [1.54, 1.807) is 0 Å². The van der Waals surface area contributed by atoms with Gasteiger partial charge in [0.2, 0.25) is 5.91 Å². The largest absolute Gasteiger partial charge is 0.325 e. The van der Waals surface area contributed by atoms with E-state index in [2.05, 4.69) is 47.9 Å². The van der Waals surface area contributed by atoms with Crippen molar-refractivity contribution in [3.05, 3.63) is 65.2 Å². The molecule has 0 aliphatic carbocycles. The lowest BCUT2D eigenvalue weighted by Crippen LogP contribution is -2.27. The number of benzene rings is 2. The van der Waals surface area contributed by atoms with Crippen molar-refractivity contribution in [1.29, 1.82) is 0 Å². The monoisotopic (exact) mass is 252 g/mol. The molecule has 0 radical (unpaired) electrons. The molecule has 0 aromatic heterocycles. The minimum atomic E-state index is 0.00191. The smallest absolute Gasteiger partial charge is 0.238 e. The lowest BCUT2D eigenvalue weighted by atomic mass is 9.97. The van der Waals surface area contributed by atoms with Crippen LogP contribution < -0.4 is 10.6 Å². The summed E-state index contributed by atoms with van der Waals surface area (Å²) in [5.41, 5.74) is 4.41. The first-order valence-electron chi connectivity index (χ1n) is 6.43. The molecule has 1 aliphatic rings. The quantitative estimate of drug-likeness (QED) is 0.819. The van der Waals surface area contributed by atoms with Crippen molar-refractivity contribution in [1.82, 2.24) is 5.32 Å². The summed E-state index contributed by atoms with van der Waals surface area (Å²) in [6.07, 6.45) is 0. The number of anilines is 1. The molecule has 0 spiro atoms. The first-order valence-corrected chi connectivity index (χ1v) is 6.43. The lowest BCUT2D eigenvalue weighted by Gasteiger charge is -2.18. The number of carbonyl (C=O) groups excluding carboxylic acids is 1. The van der Waals surface area contributed by atoms with E-state index >= 15 is 0 Å². The number of nitrogens with one attached hydrogen (secondary N) is 2. The summed E-state index contributed by atoms with van der Waals surface area (Å²) in [5, 5.41) is 6.24. The molecule has 0 saturated carbocycles. The molecule has 1 amide bonds. The average molecular weight is 252 g/mol. The maximum atomic E-state index is 11.7. The van der Waals surface area contributed by atoms with E-state index in [0.717, 1.165) is 11.3 Å². The fraction of sp³-hybridized carbons (Fsp3) is 0.188. The third-order valence-electron chi connectivity index (χ3n) is 3.42. The zero-order valence-electron chi connectivity index (χ0n) is 10.8. The Balaban J connectivity index is 2.06. The summed E-state index contributed by atoms with van der Waals surface area (Å²) in [6.45, 7) is 2.40. The Hall–Kier alpha value is -2.13. The van der Waals surface area contributed by atoms with Crippen LogP contribution in [0.3, 0.4) is 0 Å². The molecule has 0 saturated heterocycles. The van der Waals surface area contributed by atoms with Crippen LogP contribution in [0, 0.1) is 6.92 Å². The molecule has 3 heteroatoms. The maximum absolute atomic E-state index is 11.7. The molecular weight excluding hydrogens is 236 g/mol.